The van der Waals surface area contributed by atoms with E-state index >= 15 is 0 Å². The monoisotopic (exact) mass is 474 g/mol. The van der Waals surface area contributed by atoms with E-state index in [9.17, 15) is 19.2 Å². The quantitative estimate of drug-likeness (QED) is 0.399. The number of urea groups is 1. The van der Waals surface area contributed by atoms with Gasteiger partial charge in [0.2, 0.25) is 0 Å². The lowest BCUT2D eigenvalue weighted by Crippen LogP contribution is -2.46. The van der Waals surface area contributed by atoms with Crippen molar-refractivity contribution in [2.24, 2.45) is 0 Å². The molecule has 0 aliphatic carbocycles. The minimum atomic E-state index is -0.794. The van der Waals surface area contributed by atoms with Gasteiger partial charge in [0.25, 0.3) is 5.91 Å². The summed E-state index contributed by atoms with van der Waals surface area (Å²) in [4.78, 5) is 48.6. The van der Waals surface area contributed by atoms with Crippen LogP contribution < -0.4 is 20.1 Å². The summed E-state index contributed by atoms with van der Waals surface area (Å²) >= 11 is 0. The predicted molar refractivity (Wildman–Crippen MR) is 124 cm³/mol. The van der Waals surface area contributed by atoms with Gasteiger partial charge in [0, 0.05) is 11.1 Å². The van der Waals surface area contributed by atoms with Crippen LogP contribution in [0.2, 0.25) is 0 Å². The van der Waals surface area contributed by atoms with E-state index in [-0.39, 0.29) is 24.5 Å². The number of nitrogens with one attached hydrogen (secondary N) is 2. The Labute approximate surface area is 201 Å². The van der Waals surface area contributed by atoms with Crippen molar-refractivity contribution in [1.82, 2.24) is 10.6 Å². The molecule has 0 saturated heterocycles. The molecule has 1 unspecified atom stereocenters. The van der Waals surface area contributed by atoms with Crippen LogP contribution in [0.4, 0.5) is 4.79 Å². The molecule has 1 heterocycles. The molecule has 35 heavy (non-hydrogen) atoms. The number of esters is 1. The van der Waals surface area contributed by atoms with Gasteiger partial charge in [0.1, 0.15) is 6.61 Å². The zero-order chi connectivity index (χ0) is 24.6. The van der Waals surface area contributed by atoms with E-state index in [0.29, 0.717) is 22.6 Å². The van der Waals surface area contributed by atoms with Crippen molar-refractivity contribution in [2.45, 2.75) is 6.10 Å². The number of ketones is 1. The molecule has 178 valence electrons. The smallest absolute Gasteiger partial charge is 0.338 e. The van der Waals surface area contributed by atoms with Crippen LogP contribution in [0.1, 0.15) is 26.3 Å². The Morgan fingerprint density at radius 1 is 0.800 bits per heavy atom. The molecule has 0 aromatic heterocycles. The molecule has 1 atom stereocenters. The second kappa shape index (κ2) is 11.0. The van der Waals surface area contributed by atoms with Crippen LogP contribution in [0.25, 0.3) is 0 Å². The third-order valence-corrected chi connectivity index (χ3v) is 5.06. The number of benzene rings is 3. The first kappa shape index (κ1) is 23.5. The lowest BCUT2D eigenvalue weighted by molar-refractivity contribution is -0.123. The summed E-state index contributed by atoms with van der Waals surface area (Å²) in [6, 6.07) is 21.1. The van der Waals surface area contributed by atoms with E-state index in [4.69, 9.17) is 14.2 Å². The van der Waals surface area contributed by atoms with Gasteiger partial charge in [-0.05, 0) is 24.3 Å². The highest BCUT2D eigenvalue weighted by Crippen LogP contribution is 2.30. The molecule has 1 aliphatic rings. The zero-order valence-corrected chi connectivity index (χ0v) is 18.6. The second-order valence-electron chi connectivity index (χ2n) is 7.60. The topological polar surface area (TPSA) is 120 Å². The molecule has 0 spiro atoms. The number of carbonyl (C=O) groups excluding carboxylic acids is 4. The van der Waals surface area contributed by atoms with Gasteiger partial charge in [0.15, 0.2) is 30.0 Å². The minimum absolute atomic E-state index is 0.112. The molecule has 2 N–H and O–H groups in total. The maximum Gasteiger partial charge on any atom is 0.338 e. The van der Waals surface area contributed by atoms with Crippen LogP contribution in [0.3, 0.4) is 0 Å². The van der Waals surface area contributed by atoms with Crippen LogP contribution in [0, 0.1) is 0 Å². The lowest BCUT2D eigenvalue weighted by atomic mass is 10.0. The number of ether oxygens (including phenoxy) is 3. The van der Waals surface area contributed by atoms with Gasteiger partial charge >= 0.3 is 12.0 Å². The van der Waals surface area contributed by atoms with E-state index in [0.717, 1.165) is 0 Å². The third-order valence-electron chi connectivity index (χ3n) is 5.06. The average molecular weight is 474 g/mol. The number of hydrogen-bond acceptors (Lipinski definition) is 7. The first-order valence-electron chi connectivity index (χ1n) is 10.8. The summed E-state index contributed by atoms with van der Waals surface area (Å²) in [6.45, 7) is -0.284. The molecule has 9 heteroatoms. The normalized spacial score (nSPS) is 13.9. The first-order chi connectivity index (χ1) is 17.0. The summed E-state index contributed by atoms with van der Waals surface area (Å²) in [5.41, 5.74) is 1.12. The Morgan fingerprint density at radius 2 is 1.43 bits per heavy atom. The van der Waals surface area contributed by atoms with E-state index in [2.05, 4.69) is 10.6 Å². The SMILES string of the molecule is O=C(COC(=O)c1ccc(C(=O)c2ccccc2)cc1)NC(=O)NCC1COc2ccccc2O1. The highest BCUT2D eigenvalue weighted by atomic mass is 16.6. The summed E-state index contributed by atoms with van der Waals surface area (Å²) in [6.07, 6.45) is -0.416. The van der Waals surface area contributed by atoms with E-state index in [1.807, 2.05) is 18.2 Å². The molecule has 1 aliphatic heterocycles. The Morgan fingerprint density at radius 3 is 2.17 bits per heavy atom. The van der Waals surface area contributed by atoms with E-state index in [1.165, 1.54) is 24.3 Å². The van der Waals surface area contributed by atoms with Gasteiger partial charge < -0.3 is 19.5 Å². The van der Waals surface area contributed by atoms with Gasteiger partial charge in [-0.1, -0.05) is 54.6 Å². The molecule has 3 aromatic rings. The molecular formula is C26H22N2O7. The molecule has 0 radical (unpaired) electrons. The number of carbonyl (C=O) groups is 4. The zero-order valence-electron chi connectivity index (χ0n) is 18.6. The van der Waals surface area contributed by atoms with Crippen molar-refractivity contribution in [3.63, 3.8) is 0 Å². The molecule has 3 aromatic carbocycles. The van der Waals surface area contributed by atoms with Crippen LogP contribution in [-0.2, 0) is 9.53 Å². The van der Waals surface area contributed by atoms with Gasteiger partial charge in [-0.25, -0.2) is 9.59 Å². The fourth-order valence-corrected chi connectivity index (χ4v) is 3.31. The van der Waals surface area contributed by atoms with Crippen LogP contribution in [-0.4, -0.2) is 49.6 Å². The lowest BCUT2D eigenvalue weighted by Gasteiger charge is -2.26. The highest BCUT2D eigenvalue weighted by molar-refractivity contribution is 6.09. The second-order valence-corrected chi connectivity index (χ2v) is 7.60. The number of para-hydroxylation sites is 2. The standard InChI is InChI=1S/C26H22N2O7/c29-23(28-26(32)27-14-20-15-33-21-8-4-5-9-22(21)35-20)16-34-25(31)19-12-10-18(11-13-19)24(30)17-6-2-1-3-7-17/h1-13,20H,14-16H2,(H2,27,28,29,32). The first-order valence-corrected chi connectivity index (χ1v) is 10.8. The van der Waals surface area contributed by atoms with Gasteiger partial charge in [0.05, 0.1) is 12.1 Å². The molecular weight excluding hydrogens is 452 g/mol. The van der Waals surface area contributed by atoms with Crippen LogP contribution in [0.15, 0.2) is 78.9 Å². The number of hydrogen-bond donors (Lipinski definition) is 2. The number of amides is 3. The Bertz CT molecular complexity index is 1230. The Hall–Kier alpha value is -4.66. The van der Waals surface area contributed by atoms with Crippen molar-refractivity contribution in [1.29, 1.82) is 0 Å². The number of rotatable bonds is 7. The number of imide groups is 1. The van der Waals surface area contributed by atoms with Gasteiger partial charge in [-0.2, -0.15) is 0 Å². The molecule has 0 saturated carbocycles. The van der Waals surface area contributed by atoms with Crippen molar-refractivity contribution in [3.05, 3.63) is 95.6 Å². The van der Waals surface area contributed by atoms with Crippen LogP contribution in [0.5, 0.6) is 11.5 Å². The fourth-order valence-electron chi connectivity index (χ4n) is 3.31. The summed E-state index contributed by atoms with van der Waals surface area (Å²) in [5.74, 6) is -0.525. The summed E-state index contributed by atoms with van der Waals surface area (Å²) < 4.78 is 16.2. The molecule has 9 nitrogen and oxygen atoms in total. The third kappa shape index (κ3) is 6.23. The Balaban J connectivity index is 1.19. The molecule has 4 rings (SSSR count). The maximum absolute atomic E-state index is 12.4. The minimum Gasteiger partial charge on any atom is -0.486 e. The predicted octanol–water partition coefficient (Wildman–Crippen LogP) is 2.74. The fraction of sp³-hybridized carbons (Fsp3) is 0.154. The van der Waals surface area contributed by atoms with Gasteiger partial charge in [-0.3, -0.25) is 14.9 Å². The average Bonchev–Trinajstić information content (AvgIpc) is 2.90. The van der Waals surface area contributed by atoms with Gasteiger partial charge in [-0.15, -0.1) is 0 Å². The maximum atomic E-state index is 12.4. The van der Waals surface area contributed by atoms with Crippen molar-refractivity contribution in [2.75, 3.05) is 19.8 Å². The molecule has 3 amide bonds. The molecule has 0 fully saturated rings. The van der Waals surface area contributed by atoms with E-state index < -0.39 is 30.6 Å². The van der Waals surface area contributed by atoms with Crippen LogP contribution >= 0.6 is 0 Å². The van der Waals surface area contributed by atoms with Crippen molar-refractivity contribution in [3.8, 4) is 11.5 Å². The summed E-state index contributed by atoms with van der Waals surface area (Å²) in [7, 11) is 0. The Kier molecular flexibility index (Phi) is 7.37. The van der Waals surface area contributed by atoms with E-state index in [1.54, 1.807) is 36.4 Å². The molecule has 0 bridgehead atoms. The van der Waals surface area contributed by atoms with Crippen molar-refractivity contribution < 1.29 is 33.4 Å². The summed E-state index contributed by atoms with van der Waals surface area (Å²) in [5, 5.41) is 4.60. The number of fused-ring (bicyclic) bond motifs is 1. The van der Waals surface area contributed by atoms with Crippen molar-refractivity contribution >= 4 is 23.7 Å². The highest BCUT2D eigenvalue weighted by Gasteiger charge is 2.21. The largest absolute Gasteiger partial charge is 0.486 e.